The minimum atomic E-state index is 0.0200. The van der Waals surface area contributed by atoms with E-state index in [1.165, 1.54) is 16.8 Å². The number of carbonyl (C=O) groups is 1. The number of aromatic nitrogens is 1. The fourth-order valence-electron chi connectivity index (χ4n) is 3.32. The van der Waals surface area contributed by atoms with Crippen LogP contribution >= 0.6 is 15.9 Å². The summed E-state index contributed by atoms with van der Waals surface area (Å²) in [7, 11) is 2.06. The van der Waals surface area contributed by atoms with Gasteiger partial charge < -0.3 is 9.47 Å². The molecule has 1 aliphatic rings. The third-order valence-electron chi connectivity index (χ3n) is 4.61. The number of carbonyl (C=O) groups excluding carboxylic acids is 1. The van der Waals surface area contributed by atoms with Gasteiger partial charge in [0.05, 0.1) is 12.1 Å². The van der Waals surface area contributed by atoms with E-state index < -0.39 is 0 Å². The molecular weight excluding hydrogens is 364 g/mol. The van der Waals surface area contributed by atoms with Crippen LogP contribution in [0.2, 0.25) is 0 Å². The van der Waals surface area contributed by atoms with Crippen molar-refractivity contribution in [2.24, 2.45) is 7.05 Å². The molecule has 0 N–H and O–H groups in total. The molecule has 0 radical (unpaired) electrons. The monoisotopic (exact) mass is 380 g/mol. The molecule has 0 atom stereocenters. The minimum Gasteiger partial charge on any atom is -0.354 e. The minimum absolute atomic E-state index is 0.0200. The van der Waals surface area contributed by atoms with E-state index in [9.17, 15) is 4.79 Å². The first kappa shape index (κ1) is 15.2. The molecule has 0 saturated heterocycles. The fourth-order valence-corrected chi connectivity index (χ4v) is 3.77. The van der Waals surface area contributed by atoms with E-state index in [0.29, 0.717) is 12.1 Å². The molecule has 0 unspecified atom stereocenters. The molecule has 0 saturated carbocycles. The molecule has 24 heavy (non-hydrogen) atoms. The largest absolute Gasteiger partial charge is 0.354 e. The van der Waals surface area contributed by atoms with Gasteiger partial charge in [-0.3, -0.25) is 4.79 Å². The maximum absolute atomic E-state index is 13.2. The van der Waals surface area contributed by atoms with Crippen molar-refractivity contribution >= 4 is 27.5 Å². The van der Waals surface area contributed by atoms with Gasteiger partial charge in [-0.2, -0.15) is 0 Å². The maximum atomic E-state index is 13.2. The van der Waals surface area contributed by atoms with Crippen LogP contribution in [0, 0.1) is 0 Å². The van der Waals surface area contributed by atoms with Crippen molar-refractivity contribution in [3.05, 3.63) is 87.7 Å². The van der Waals surface area contributed by atoms with Crippen molar-refractivity contribution in [2.45, 2.75) is 13.0 Å². The highest BCUT2D eigenvalue weighted by Gasteiger charge is 2.26. The van der Waals surface area contributed by atoms with Gasteiger partial charge in [-0.05, 0) is 51.3 Å². The summed E-state index contributed by atoms with van der Waals surface area (Å²) in [4.78, 5) is 15.1. The summed E-state index contributed by atoms with van der Waals surface area (Å²) in [5.41, 5.74) is 5.33. The van der Waals surface area contributed by atoms with Gasteiger partial charge in [-0.15, -0.1) is 0 Å². The quantitative estimate of drug-likeness (QED) is 0.608. The Morgan fingerprint density at radius 3 is 2.58 bits per heavy atom. The van der Waals surface area contributed by atoms with Crippen LogP contribution in [0.3, 0.4) is 0 Å². The Labute approximate surface area is 149 Å². The Kier molecular flexibility index (Phi) is 3.77. The zero-order valence-electron chi connectivity index (χ0n) is 13.4. The molecule has 0 fully saturated rings. The van der Waals surface area contributed by atoms with Crippen LogP contribution in [0.15, 0.2) is 65.3 Å². The van der Waals surface area contributed by atoms with Gasteiger partial charge >= 0.3 is 0 Å². The maximum Gasteiger partial charge on any atom is 0.259 e. The Balaban J connectivity index is 1.85. The molecule has 4 heteroatoms. The van der Waals surface area contributed by atoms with E-state index in [4.69, 9.17) is 0 Å². The number of rotatable bonds is 1. The first-order chi connectivity index (χ1) is 11.6. The van der Waals surface area contributed by atoms with Crippen LogP contribution in [-0.2, 0) is 20.0 Å². The molecular formula is C20H17BrN2O. The van der Waals surface area contributed by atoms with E-state index >= 15 is 0 Å². The standard InChI is InChI=1S/C20H17BrN2O/c1-22-11-10-15-13-23(20(24)16-7-3-4-8-17(16)21)18-9-5-2-6-14(18)12-19(15)22/h2-11H,12-13H2,1H3. The molecule has 2 aromatic carbocycles. The van der Waals surface area contributed by atoms with Gasteiger partial charge in [0, 0.05) is 35.5 Å². The summed E-state index contributed by atoms with van der Waals surface area (Å²) < 4.78 is 2.98. The van der Waals surface area contributed by atoms with Crippen LogP contribution in [0.25, 0.3) is 0 Å². The Hall–Kier alpha value is -2.33. The number of nitrogens with zero attached hydrogens (tertiary/aromatic N) is 2. The molecule has 1 aliphatic heterocycles. The number of fused-ring (bicyclic) bond motifs is 2. The predicted molar refractivity (Wildman–Crippen MR) is 99.3 cm³/mol. The number of para-hydroxylation sites is 1. The average Bonchev–Trinajstić information content (AvgIpc) is 2.84. The second-order valence-electron chi connectivity index (χ2n) is 6.08. The Bertz CT molecular complexity index is 929. The van der Waals surface area contributed by atoms with Crippen LogP contribution in [0.4, 0.5) is 5.69 Å². The number of anilines is 1. The van der Waals surface area contributed by atoms with Gasteiger partial charge in [0.2, 0.25) is 0 Å². The van der Waals surface area contributed by atoms with E-state index in [-0.39, 0.29) is 5.91 Å². The second kappa shape index (κ2) is 5.95. The van der Waals surface area contributed by atoms with E-state index in [2.05, 4.69) is 45.9 Å². The fraction of sp³-hybridized carbons (Fsp3) is 0.150. The number of hydrogen-bond donors (Lipinski definition) is 0. The number of aryl methyl sites for hydroxylation is 1. The summed E-state index contributed by atoms with van der Waals surface area (Å²) >= 11 is 3.51. The molecule has 1 aromatic heterocycles. The van der Waals surface area contributed by atoms with E-state index in [1.54, 1.807) is 0 Å². The number of hydrogen-bond acceptors (Lipinski definition) is 1. The first-order valence-corrected chi connectivity index (χ1v) is 8.72. The molecule has 1 amide bonds. The van der Waals surface area contributed by atoms with Gasteiger partial charge in [-0.1, -0.05) is 30.3 Å². The highest BCUT2D eigenvalue weighted by Crippen LogP contribution is 2.32. The summed E-state index contributed by atoms with van der Waals surface area (Å²) in [6.45, 7) is 0.591. The lowest BCUT2D eigenvalue weighted by Gasteiger charge is -2.23. The highest BCUT2D eigenvalue weighted by molar-refractivity contribution is 9.10. The van der Waals surface area contributed by atoms with Crippen molar-refractivity contribution in [2.75, 3.05) is 4.90 Å². The van der Waals surface area contributed by atoms with Crippen molar-refractivity contribution in [3.63, 3.8) is 0 Å². The lowest BCUT2D eigenvalue weighted by atomic mass is 10.1. The smallest absolute Gasteiger partial charge is 0.259 e. The molecule has 3 aromatic rings. The normalized spacial score (nSPS) is 13.2. The lowest BCUT2D eigenvalue weighted by Crippen LogP contribution is -2.30. The Morgan fingerprint density at radius 1 is 1.00 bits per heavy atom. The van der Waals surface area contributed by atoms with Gasteiger partial charge in [0.15, 0.2) is 0 Å². The summed E-state index contributed by atoms with van der Waals surface area (Å²) in [5, 5.41) is 0. The SMILES string of the molecule is Cn1ccc2c1Cc1ccccc1N(C(=O)c1ccccc1Br)C2. The van der Waals surface area contributed by atoms with Crippen molar-refractivity contribution < 1.29 is 4.79 Å². The van der Waals surface area contributed by atoms with Crippen LogP contribution in [0.5, 0.6) is 0 Å². The number of amides is 1. The van der Waals surface area contributed by atoms with Gasteiger partial charge in [0.1, 0.15) is 0 Å². The third-order valence-corrected chi connectivity index (χ3v) is 5.31. The molecule has 2 heterocycles. The highest BCUT2D eigenvalue weighted by atomic mass is 79.9. The third kappa shape index (κ3) is 2.47. The zero-order valence-corrected chi connectivity index (χ0v) is 15.0. The summed E-state index contributed by atoms with van der Waals surface area (Å²) in [6.07, 6.45) is 2.91. The lowest BCUT2D eigenvalue weighted by molar-refractivity contribution is 0.0984. The zero-order chi connectivity index (χ0) is 16.7. The molecule has 0 aliphatic carbocycles. The van der Waals surface area contributed by atoms with E-state index in [1.807, 2.05) is 47.4 Å². The Morgan fingerprint density at radius 2 is 1.75 bits per heavy atom. The number of benzene rings is 2. The van der Waals surface area contributed by atoms with Gasteiger partial charge in [-0.25, -0.2) is 0 Å². The summed E-state index contributed by atoms with van der Waals surface area (Å²) in [6, 6.07) is 17.9. The van der Waals surface area contributed by atoms with Crippen LogP contribution < -0.4 is 4.90 Å². The van der Waals surface area contributed by atoms with Crippen LogP contribution in [0.1, 0.15) is 27.2 Å². The first-order valence-electron chi connectivity index (χ1n) is 7.92. The predicted octanol–water partition coefficient (Wildman–Crippen LogP) is 4.54. The molecule has 4 rings (SSSR count). The van der Waals surface area contributed by atoms with Crippen LogP contribution in [-0.4, -0.2) is 10.5 Å². The van der Waals surface area contributed by atoms with Gasteiger partial charge in [0.25, 0.3) is 5.91 Å². The molecule has 0 spiro atoms. The van der Waals surface area contributed by atoms with Crippen molar-refractivity contribution in [1.82, 2.24) is 4.57 Å². The average molecular weight is 381 g/mol. The molecule has 120 valence electrons. The molecule has 0 bridgehead atoms. The van der Waals surface area contributed by atoms with Crippen molar-refractivity contribution in [3.8, 4) is 0 Å². The molecule has 3 nitrogen and oxygen atoms in total. The second-order valence-corrected chi connectivity index (χ2v) is 6.93. The van der Waals surface area contributed by atoms with Crippen molar-refractivity contribution in [1.29, 1.82) is 0 Å². The topological polar surface area (TPSA) is 25.2 Å². The van der Waals surface area contributed by atoms with E-state index in [0.717, 1.165) is 16.6 Å². The number of halogens is 1. The summed E-state index contributed by atoms with van der Waals surface area (Å²) in [5.74, 6) is 0.0200.